The molecule has 0 radical (unpaired) electrons. The van der Waals surface area contributed by atoms with Gasteiger partial charge in [0.1, 0.15) is 0 Å². The van der Waals surface area contributed by atoms with Crippen LogP contribution in [0.1, 0.15) is 37.7 Å². The Hall–Kier alpha value is -1.28. The van der Waals surface area contributed by atoms with Gasteiger partial charge in [0.05, 0.1) is 12.9 Å². The van der Waals surface area contributed by atoms with Gasteiger partial charge in [-0.1, -0.05) is 37.3 Å². The van der Waals surface area contributed by atoms with E-state index in [0.717, 1.165) is 25.9 Å². The molecule has 1 aromatic rings. The molecule has 0 bridgehead atoms. The van der Waals surface area contributed by atoms with Crippen LogP contribution in [-0.2, 0) is 4.74 Å². The molecule has 17 heavy (non-hydrogen) atoms. The van der Waals surface area contributed by atoms with E-state index in [9.17, 15) is 0 Å². The van der Waals surface area contributed by atoms with Crippen LogP contribution in [0, 0.1) is 0 Å². The maximum absolute atomic E-state index is 6.39. The smallest absolute Gasteiger partial charge is 0.0876 e. The lowest BCUT2D eigenvalue weighted by Crippen LogP contribution is -2.31. The molecule has 2 rings (SSSR count). The second-order valence-corrected chi connectivity index (χ2v) is 4.62. The first-order valence-electron chi connectivity index (χ1n) is 6.44. The Morgan fingerprint density at radius 3 is 2.65 bits per heavy atom. The third kappa shape index (κ3) is 2.89. The van der Waals surface area contributed by atoms with Gasteiger partial charge in [-0.25, -0.2) is 0 Å². The molecule has 0 saturated carbocycles. The zero-order valence-corrected chi connectivity index (χ0v) is 10.4. The van der Waals surface area contributed by atoms with Crippen molar-refractivity contribution < 1.29 is 4.74 Å². The highest BCUT2D eigenvalue weighted by Gasteiger charge is 2.22. The SMILES string of the molecule is CCC(c1ccccc1)C(N)C1=COCCC1. The van der Waals surface area contributed by atoms with Gasteiger partial charge >= 0.3 is 0 Å². The van der Waals surface area contributed by atoms with Crippen LogP contribution in [0.15, 0.2) is 42.2 Å². The molecular weight excluding hydrogens is 210 g/mol. The minimum absolute atomic E-state index is 0.0858. The van der Waals surface area contributed by atoms with E-state index in [2.05, 4.69) is 31.2 Å². The minimum atomic E-state index is 0.0858. The van der Waals surface area contributed by atoms with Crippen LogP contribution in [0.2, 0.25) is 0 Å². The van der Waals surface area contributed by atoms with E-state index < -0.39 is 0 Å². The fourth-order valence-corrected chi connectivity index (χ4v) is 2.49. The summed E-state index contributed by atoms with van der Waals surface area (Å²) in [6.07, 6.45) is 5.09. The van der Waals surface area contributed by atoms with Crippen LogP contribution in [0.25, 0.3) is 0 Å². The maximum atomic E-state index is 6.39. The van der Waals surface area contributed by atoms with Crippen molar-refractivity contribution in [3.63, 3.8) is 0 Å². The van der Waals surface area contributed by atoms with Crippen molar-refractivity contribution in [3.05, 3.63) is 47.7 Å². The van der Waals surface area contributed by atoms with Crippen molar-refractivity contribution >= 4 is 0 Å². The highest BCUT2D eigenvalue weighted by atomic mass is 16.5. The van der Waals surface area contributed by atoms with Crippen molar-refractivity contribution in [1.82, 2.24) is 0 Å². The summed E-state index contributed by atoms with van der Waals surface area (Å²) < 4.78 is 5.39. The highest BCUT2D eigenvalue weighted by Crippen LogP contribution is 2.28. The van der Waals surface area contributed by atoms with E-state index in [0.29, 0.717) is 5.92 Å². The number of ether oxygens (including phenoxy) is 1. The van der Waals surface area contributed by atoms with Crippen molar-refractivity contribution in [2.24, 2.45) is 5.73 Å². The lowest BCUT2D eigenvalue weighted by atomic mass is 9.84. The molecule has 2 nitrogen and oxygen atoms in total. The molecule has 0 aliphatic carbocycles. The number of nitrogens with two attached hydrogens (primary N) is 1. The average molecular weight is 231 g/mol. The molecule has 2 heteroatoms. The minimum Gasteiger partial charge on any atom is -0.501 e. The predicted octanol–water partition coefficient (Wildman–Crippen LogP) is 3.20. The molecule has 2 N–H and O–H groups in total. The van der Waals surface area contributed by atoms with Crippen LogP contribution in [-0.4, -0.2) is 12.6 Å². The van der Waals surface area contributed by atoms with Crippen LogP contribution < -0.4 is 5.73 Å². The third-order valence-electron chi connectivity index (χ3n) is 3.49. The fraction of sp³-hybridized carbons (Fsp3) is 0.467. The van der Waals surface area contributed by atoms with Gasteiger partial charge in [0.15, 0.2) is 0 Å². The third-order valence-corrected chi connectivity index (χ3v) is 3.49. The van der Waals surface area contributed by atoms with E-state index in [4.69, 9.17) is 10.5 Å². The zero-order valence-electron chi connectivity index (χ0n) is 10.4. The molecule has 2 unspecified atom stereocenters. The molecule has 1 aliphatic rings. The Kier molecular flexibility index (Phi) is 4.21. The van der Waals surface area contributed by atoms with Gasteiger partial charge < -0.3 is 10.5 Å². The zero-order chi connectivity index (χ0) is 12.1. The van der Waals surface area contributed by atoms with Gasteiger partial charge in [-0.05, 0) is 30.4 Å². The van der Waals surface area contributed by atoms with Gasteiger partial charge in [-0.2, -0.15) is 0 Å². The van der Waals surface area contributed by atoms with E-state index in [1.807, 2.05) is 12.3 Å². The van der Waals surface area contributed by atoms with E-state index in [-0.39, 0.29) is 6.04 Å². The topological polar surface area (TPSA) is 35.2 Å². The first kappa shape index (κ1) is 12.2. The van der Waals surface area contributed by atoms with Crippen LogP contribution in [0.3, 0.4) is 0 Å². The van der Waals surface area contributed by atoms with Crippen molar-refractivity contribution in [2.75, 3.05) is 6.61 Å². The van der Waals surface area contributed by atoms with Crippen LogP contribution in [0.5, 0.6) is 0 Å². The summed E-state index contributed by atoms with van der Waals surface area (Å²) in [6, 6.07) is 10.6. The summed E-state index contributed by atoms with van der Waals surface area (Å²) in [5.41, 5.74) is 8.97. The Labute approximate surface area is 103 Å². The lowest BCUT2D eigenvalue weighted by molar-refractivity contribution is 0.219. The first-order valence-corrected chi connectivity index (χ1v) is 6.44. The molecule has 2 atom stereocenters. The number of rotatable bonds is 4. The first-order chi connectivity index (χ1) is 8.33. The molecule has 1 heterocycles. The monoisotopic (exact) mass is 231 g/mol. The molecule has 1 aromatic carbocycles. The van der Waals surface area contributed by atoms with Crippen LogP contribution >= 0.6 is 0 Å². The summed E-state index contributed by atoms with van der Waals surface area (Å²) in [7, 11) is 0. The predicted molar refractivity (Wildman–Crippen MR) is 70.7 cm³/mol. The molecule has 0 saturated heterocycles. The maximum Gasteiger partial charge on any atom is 0.0876 e. The Morgan fingerprint density at radius 2 is 2.06 bits per heavy atom. The largest absolute Gasteiger partial charge is 0.501 e. The Balaban J connectivity index is 2.15. The molecule has 0 spiro atoms. The number of hydrogen-bond donors (Lipinski definition) is 1. The van der Waals surface area contributed by atoms with Gasteiger partial charge in [0.2, 0.25) is 0 Å². The summed E-state index contributed by atoms with van der Waals surface area (Å²) in [5.74, 6) is 0.393. The van der Waals surface area contributed by atoms with E-state index in [1.165, 1.54) is 11.1 Å². The fourth-order valence-electron chi connectivity index (χ4n) is 2.49. The second kappa shape index (κ2) is 5.87. The van der Waals surface area contributed by atoms with Gasteiger partial charge in [0, 0.05) is 12.0 Å². The highest BCUT2D eigenvalue weighted by molar-refractivity contribution is 5.26. The van der Waals surface area contributed by atoms with E-state index in [1.54, 1.807) is 0 Å². The summed E-state index contributed by atoms with van der Waals surface area (Å²) in [6.45, 7) is 3.03. The molecular formula is C15H21NO. The Bertz CT molecular complexity index is 372. The molecule has 1 aliphatic heterocycles. The quantitative estimate of drug-likeness (QED) is 0.863. The lowest BCUT2D eigenvalue weighted by Gasteiger charge is -2.27. The van der Waals surface area contributed by atoms with Crippen molar-refractivity contribution in [1.29, 1.82) is 0 Å². The molecule has 0 fully saturated rings. The summed E-state index contributed by atoms with van der Waals surface area (Å²) >= 11 is 0. The summed E-state index contributed by atoms with van der Waals surface area (Å²) in [5, 5.41) is 0. The van der Waals surface area contributed by atoms with E-state index >= 15 is 0 Å². The average Bonchev–Trinajstić information content (AvgIpc) is 2.42. The second-order valence-electron chi connectivity index (χ2n) is 4.62. The Morgan fingerprint density at radius 1 is 1.29 bits per heavy atom. The standard InChI is InChI=1S/C15H21NO/c1-2-14(12-7-4-3-5-8-12)15(16)13-9-6-10-17-11-13/h3-5,7-8,11,14-15H,2,6,9-10,16H2,1H3. The van der Waals surface area contributed by atoms with Crippen molar-refractivity contribution in [3.8, 4) is 0 Å². The molecule has 0 aromatic heterocycles. The molecule has 0 amide bonds. The van der Waals surface area contributed by atoms with Gasteiger partial charge in [-0.15, -0.1) is 0 Å². The number of hydrogen-bond acceptors (Lipinski definition) is 2. The molecule has 92 valence electrons. The summed E-state index contributed by atoms with van der Waals surface area (Å²) in [4.78, 5) is 0. The van der Waals surface area contributed by atoms with Gasteiger partial charge in [0.25, 0.3) is 0 Å². The normalized spacial score (nSPS) is 19.1. The van der Waals surface area contributed by atoms with Crippen LogP contribution in [0.4, 0.5) is 0 Å². The van der Waals surface area contributed by atoms with Gasteiger partial charge in [-0.3, -0.25) is 0 Å². The number of benzene rings is 1. The van der Waals surface area contributed by atoms with Crippen molar-refractivity contribution in [2.45, 2.75) is 38.1 Å².